The van der Waals surface area contributed by atoms with Crippen LogP contribution in [0.3, 0.4) is 0 Å². The zero-order chi connectivity index (χ0) is 12.0. The molecule has 3 nitrogen and oxygen atoms in total. The van der Waals surface area contributed by atoms with Crippen LogP contribution in [0.1, 0.15) is 5.56 Å². The maximum atomic E-state index is 5.98. The van der Waals surface area contributed by atoms with Crippen molar-refractivity contribution in [2.75, 3.05) is 34.3 Å². The van der Waals surface area contributed by atoms with Gasteiger partial charge in [0, 0.05) is 30.2 Å². The number of ether oxygens (including phenoxy) is 1. The average Bonchev–Trinajstić information content (AvgIpc) is 2.27. The summed E-state index contributed by atoms with van der Waals surface area (Å²) in [6.45, 7) is 2.80. The van der Waals surface area contributed by atoms with Crippen LogP contribution >= 0.6 is 11.6 Å². The van der Waals surface area contributed by atoms with Crippen molar-refractivity contribution < 1.29 is 4.74 Å². The molecular weight excluding hydrogens is 224 g/mol. The molecule has 90 valence electrons. The fraction of sp³-hybridized carbons (Fsp3) is 0.500. The van der Waals surface area contributed by atoms with Crippen LogP contribution < -0.4 is 10.1 Å². The van der Waals surface area contributed by atoms with E-state index in [1.807, 2.05) is 25.2 Å². The van der Waals surface area contributed by atoms with Crippen molar-refractivity contribution in [3.8, 4) is 5.75 Å². The lowest BCUT2D eigenvalue weighted by molar-refractivity contribution is 0.318. The molecule has 0 fully saturated rings. The highest BCUT2D eigenvalue weighted by Gasteiger charge is 2.06. The van der Waals surface area contributed by atoms with Crippen molar-refractivity contribution >= 4 is 11.6 Å². The quantitative estimate of drug-likeness (QED) is 0.826. The summed E-state index contributed by atoms with van der Waals surface area (Å²) in [4.78, 5) is 2.23. The first-order valence-corrected chi connectivity index (χ1v) is 5.70. The van der Waals surface area contributed by atoms with E-state index < -0.39 is 0 Å². The summed E-state index contributed by atoms with van der Waals surface area (Å²) in [6.07, 6.45) is 0. The van der Waals surface area contributed by atoms with Crippen molar-refractivity contribution in [3.63, 3.8) is 0 Å². The van der Waals surface area contributed by atoms with Gasteiger partial charge in [-0.15, -0.1) is 0 Å². The lowest BCUT2D eigenvalue weighted by Gasteiger charge is -2.18. The van der Waals surface area contributed by atoms with Gasteiger partial charge in [-0.05, 0) is 32.3 Å². The second-order valence-electron chi connectivity index (χ2n) is 3.80. The van der Waals surface area contributed by atoms with Gasteiger partial charge < -0.3 is 15.0 Å². The van der Waals surface area contributed by atoms with Crippen LogP contribution in [0.2, 0.25) is 5.02 Å². The third kappa shape index (κ3) is 4.00. The minimum Gasteiger partial charge on any atom is -0.496 e. The van der Waals surface area contributed by atoms with E-state index in [9.17, 15) is 0 Å². The van der Waals surface area contributed by atoms with Crippen molar-refractivity contribution in [3.05, 3.63) is 28.8 Å². The van der Waals surface area contributed by atoms with Crippen LogP contribution in [0, 0.1) is 0 Å². The minimum absolute atomic E-state index is 0.748. The SMILES string of the molecule is CNCCN(C)Cc1cc(Cl)ccc1OC. The Hall–Kier alpha value is -0.770. The van der Waals surface area contributed by atoms with Gasteiger partial charge in [0.15, 0.2) is 0 Å². The molecule has 1 aromatic carbocycles. The molecule has 1 N–H and O–H groups in total. The molecule has 0 radical (unpaired) electrons. The number of nitrogens with zero attached hydrogens (tertiary/aromatic N) is 1. The fourth-order valence-corrected chi connectivity index (χ4v) is 1.74. The van der Waals surface area contributed by atoms with E-state index in [0.717, 1.165) is 36.0 Å². The predicted octanol–water partition coefficient (Wildman–Crippen LogP) is 2.00. The maximum absolute atomic E-state index is 5.98. The Morgan fingerprint density at radius 3 is 2.81 bits per heavy atom. The summed E-state index contributed by atoms with van der Waals surface area (Å²) in [6, 6.07) is 5.71. The van der Waals surface area contributed by atoms with E-state index in [1.54, 1.807) is 7.11 Å². The first kappa shape index (κ1) is 13.3. The summed E-state index contributed by atoms with van der Waals surface area (Å²) in [5.41, 5.74) is 1.12. The second kappa shape index (κ2) is 6.74. The Morgan fingerprint density at radius 1 is 1.44 bits per heavy atom. The number of hydrogen-bond donors (Lipinski definition) is 1. The van der Waals surface area contributed by atoms with E-state index in [0.29, 0.717) is 0 Å². The number of methoxy groups -OCH3 is 1. The standard InChI is InChI=1S/C12H19ClN2O/c1-14-6-7-15(2)9-10-8-11(13)4-5-12(10)16-3/h4-5,8,14H,6-7,9H2,1-3H3. The third-order valence-corrected chi connectivity index (χ3v) is 2.66. The van der Waals surface area contributed by atoms with Gasteiger partial charge >= 0.3 is 0 Å². The second-order valence-corrected chi connectivity index (χ2v) is 4.23. The molecule has 0 atom stereocenters. The molecule has 4 heteroatoms. The molecule has 0 saturated heterocycles. The first-order chi connectivity index (χ1) is 7.67. The van der Waals surface area contributed by atoms with Crippen LogP contribution in [0.5, 0.6) is 5.75 Å². The normalized spacial score (nSPS) is 10.8. The van der Waals surface area contributed by atoms with Gasteiger partial charge in [-0.25, -0.2) is 0 Å². The molecule has 0 bridgehead atoms. The summed E-state index contributed by atoms with van der Waals surface area (Å²) in [5, 5.41) is 3.87. The van der Waals surface area contributed by atoms with Gasteiger partial charge in [-0.2, -0.15) is 0 Å². The van der Waals surface area contributed by atoms with Gasteiger partial charge in [0.1, 0.15) is 5.75 Å². The topological polar surface area (TPSA) is 24.5 Å². The number of nitrogens with one attached hydrogen (secondary N) is 1. The molecule has 0 aliphatic heterocycles. The smallest absolute Gasteiger partial charge is 0.123 e. The summed E-state index contributed by atoms with van der Waals surface area (Å²) in [5.74, 6) is 0.890. The van der Waals surface area contributed by atoms with Gasteiger partial charge in [-0.3, -0.25) is 0 Å². The lowest BCUT2D eigenvalue weighted by Crippen LogP contribution is -2.27. The fourth-order valence-electron chi connectivity index (χ4n) is 1.54. The Bertz CT molecular complexity index is 331. The monoisotopic (exact) mass is 242 g/mol. The Balaban J connectivity index is 2.67. The molecule has 1 rings (SSSR count). The largest absolute Gasteiger partial charge is 0.496 e. The molecule has 16 heavy (non-hydrogen) atoms. The average molecular weight is 243 g/mol. The number of likely N-dealkylation sites (N-methyl/N-ethyl adjacent to an activating group) is 2. The molecule has 0 aliphatic carbocycles. The summed E-state index contributed by atoms with van der Waals surface area (Å²) in [7, 11) is 5.71. The molecule has 0 heterocycles. The van der Waals surface area contributed by atoms with E-state index >= 15 is 0 Å². The van der Waals surface area contributed by atoms with E-state index in [1.165, 1.54) is 0 Å². The number of rotatable bonds is 6. The Morgan fingerprint density at radius 2 is 2.19 bits per heavy atom. The molecule has 0 amide bonds. The zero-order valence-electron chi connectivity index (χ0n) is 10.1. The van der Waals surface area contributed by atoms with Crippen LogP contribution in [-0.4, -0.2) is 39.2 Å². The number of hydrogen-bond acceptors (Lipinski definition) is 3. The molecule has 0 spiro atoms. The summed E-state index contributed by atoms with van der Waals surface area (Å²) >= 11 is 5.98. The first-order valence-electron chi connectivity index (χ1n) is 5.33. The van der Waals surface area contributed by atoms with E-state index in [-0.39, 0.29) is 0 Å². The van der Waals surface area contributed by atoms with Gasteiger partial charge in [-0.1, -0.05) is 11.6 Å². The van der Waals surface area contributed by atoms with Crippen LogP contribution in [0.25, 0.3) is 0 Å². The highest BCUT2D eigenvalue weighted by atomic mass is 35.5. The molecule has 0 aliphatic rings. The predicted molar refractivity (Wildman–Crippen MR) is 68.3 cm³/mol. The van der Waals surface area contributed by atoms with Crippen molar-refractivity contribution in [2.24, 2.45) is 0 Å². The lowest BCUT2D eigenvalue weighted by atomic mass is 10.2. The van der Waals surface area contributed by atoms with Crippen molar-refractivity contribution in [2.45, 2.75) is 6.54 Å². The molecule has 1 aromatic rings. The van der Waals surface area contributed by atoms with E-state index in [2.05, 4.69) is 17.3 Å². The van der Waals surface area contributed by atoms with E-state index in [4.69, 9.17) is 16.3 Å². The van der Waals surface area contributed by atoms with Crippen molar-refractivity contribution in [1.29, 1.82) is 0 Å². The number of benzene rings is 1. The Kier molecular flexibility index (Phi) is 5.60. The highest BCUT2D eigenvalue weighted by molar-refractivity contribution is 6.30. The minimum atomic E-state index is 0.748. The summed E-state index contributed by atoms with van der Waals surface area (Å²) < 4.78 is 5.30. The van der Waals surface area contributed by atoms with Crippen molar-refractivity contribution in [1.82, 2.24) is 10.2 Å². The number of halogens is 1. The van der Waals surface area contributed by atoms with Crippen LogP contribution in [-0.2, 0) is 6.54 Å². The van der Waals surface area contributed by atoms with Crippen LogP contribution in [0.15, 0.2) is 18.2 Å². The van der Waals surface area contributed by atoms with Crippen LogP contribution in [0.4, 0.5) is 0 Å². The zero-order valence-corrected chi connectivity index (χ0v) is 10.8. The molecule has 0 unspecified atom stereocenters. The van der Waals surface area contributed by atoms with Gasteiger partial charge in [0.05, 0.1) is 7.11 Å². The van der Waals surface area contributed by atoms with Gasteiger partial charge in [0.2, 0.25) is 0 Å². The maximum Gasteiger partial charge on any atom is 0.123 e. The molecule has 0 saturated carbocycles. The molecule has 0 aromatic heterocycles. The third-order valence-electron chi connectivity index (χ3n) is 2.43. The molecular formula is C12H19ClN2O. The Labute approximate surface area is 102 Å². The highest BCUT2D eigenvalue weighted by Crippen LogP contribution is 2.23. The van der Waals surface area contributed by atoms with Gasteiger partial charge in [0.25, 0.3) is 0 Å².